The number of hydrogen-bond acceptors (Lipinski definition) is 3. The normalized spacial score (nSPS) is 11.1. The summed E-state index contributed by atoms with van der Waals surface area (Å²) in [7, 11) is 0. The molecule has 0 unspecified atom stereocenters. The van der Waals surface area contributed by atoms with Gasteiger partial charge in [0, 0.05) is 5.56 Å². The van der Waals surface area contributed by atoms with Gasteiger partial charge in [-0.3, -0.25) is 4.79 Å². The van der Waals surface area contributed by atoms with Crippen LogP contribution in [0.4, 0.5) is 32.0 Å². The lowest BCUT2D eigenvalue weighted by molar-refractivity contribution is 0.101. The number of rotatable bonds is 5. The van der Waals surface area contributed by atoms with E-state index in [9.17, 15) is 31.1 Å². The first-order valence-corrected chi connectivity index (χ1v) is 10.3. The third-order valence-electron chi connectivity index (χ3n) is 4.78. The zero-order chi connectivity index (χ0) is 25.4. The van der Waals surface area contributed by atoms with Crippen molar-refractivity contribution in [1.82, 2.24) is 14.5 Å². The van der Waals surface area contributed by atoms with Gasteiger partial charge in [-0.15, -0.1) is 0 Å². The van der Waals surface area contributed by atoms with Gasteiger partial charge in [0.25, 0.3) is 5.91 Å². The SMILES string of the molecule is O=C(Nc1ccc(Cl)nc1Cl)c1cnc(-c2cc(F)c(F)c(F)c2)n1Cc1cc(F)c(F)c(F)c1. The highest BCUT2D eigenvalue weighted by atomic mass is 35.5. The standard InChI is InChI=1S/C22H10Cl2F6N4O/c23-17-2-1-15(20(24)33-17)32-22(35)16-7-31-21(10-5-13(27)19(30)14(28)6-10)34(16)8-9-3-11(25)18(29)12(26)4-9/h1-7H,8H2,(H,32,35). The van der Waals surface area contributed by atoms with Crippen molar-refractivity contribution < 1.29 is 31.1 Å². The average Bonchev–Trinajstić information content (AvgIpc) is 3.20. The largest absolute Gasteiger partial charge is 0.318 e. The fraction of sp³-hybridized carbons (Fsp3) is 0.0455. The van der Waals surface area contributed by atoms with Crippen LogP contribution in [0.5, 0.6) is 0 Å². The quantitative estimate of drug-likeness (QED) is 0.185. The monoisotopic (exact) mass is 530 g/mol. The lowest BCUT2D eigenvalue weighted by atomic mass is 10.1. The molecule has 2 aromatic carbocycles. The van der Waals surface area contributed by atoms with Crippen molar-refractivity contribution in [2.45, 2.75) is 6.54 Å². The Labute approximate surface area is 203 Å². The van der Waals surface area contributed by atoms with E-state index in [1.807, 2.05) is 0 Å². The maximum atomic E-state index is 13.9. The number of halogens is 8. The van der Waals surface area contributed by atoms with Crippen LogP contribution in [0, 0.1) is 34.9 Å². The number of hydrogen-bond donors (Lipinski definition) is 1. The molecule has 4 rings (SSSR count). The zero-order valence-corrected chi connectivity index (χ0v) is 18.5. The summed E-state index contributed by atoms with van der Waals surface area (Å²) in [6.07, 6.45) is 1.01. The van der Waals surface area contributed by atoms with Crippen LogP contribution in [-0.2, 0) is 6.54 Å². The van der Waals surface area contributed by atoms with Gasteiger partial charge < -0.3 is 9.88 Å². The van der Waals surface area contributed by atoms with Crippen molar-refractivity contribution in [3.63, 3.8) is 0 Å². The molecule has 0 atom stereocenters. The Morgan fingerprint density at radius 3 is 2.03 bits per heavy atom. The summed E-state index contributed by atoms with van der Waals surface area (Å²) in [5, 5.41) is 2.35. The molecule has 0 spiro atoms. The number of aromatic nitrogens is 3. The van der Waals surface area contributed by atoms with E-state index in [4.69, 9.17) is 23.2 Å². The molecule has 0 saturated carbocycles. The Balaban J connectivity index is 1.81. The van der Waals surface area contributed by atoms with Crippen LogP contribution < -0.4 is 5.32 Å². The fourth-order valence-electron chi connectivity index (χ4n) is 3.21. The van der Waals surface area contributed by atoms with E-state index in [0.717, 1.165) is 10.8 Å². The topological polar surface area (TPSA) is 59.8 Å². The smallest absolute Gasteiger partial charge is 0.274 e. The van der Waals surface area contributed by atoms with Crippen LogP contribution in [0.3, 0.4) is 0 Å². The summed E-state index contributed by atoms with van der Waals surface area (Å²) in [5.41, 5.74) is -0.631. The number of nitrogens with one attached hydrogen (secondary N) is 1. The Morgan fingerprint density at radius 2 is 1.46 bits per heavy atom. The number of imidazole rings is 1. The highest BCUT2D eigenvalue weighted by Gasteiger charge is 2.22. The number of carbonyl (C=O) groups excluding carboxylic acids is 1. The first kappa shape index (κ1) is 24.6. The van der Waals surface area contributed by atoms with Gasteiger partial charge in [-0.1, -0.05) is 23.2 Å². The molecule has 35 heavy (non-hydrogen) atoms. The molecule has 0 radical (unpaired) electrons. The first-order chi connectivity index (χ1) is 16.5. The zero-order valence-electron chi connectivity index (χ0n) is 17.0. The summed E-state index contributed by atoms with van der Waals surface area (Å²) >= 11 is 11.7. The van der Waals surface area contributed by atoms with Gasteiger partial charge >= 0.3 is 0 Å². The number of carbonyl (C=O) groups is 1. The Morgan fingerprint density at radius 1 is 0.886 bits per heavy atom. The molecule has 0 aliphatic rings. The number of nitrogens with zero attached hydrogens (tertiary/aromatic N) is 3. The van der Waals surface area contributed by atoms with Crippen LogP contribution in [0.25, 0.3) is 11.4 Å². The van der Waals surface area contributed by atoms with Crippen molar-refractivity contribution in [3.8, 4) is 11.4 Å². The third kappa shape index (κ3) is 4.96. The highest BCUT2D eigenvalue weighted by molar-refractivity contribution is 6.34. The molecule has 0 fully saturated rings. The van der Waals surface area contributed by atoms with E-state index >= 15 is 0 Å². The van der Waals surface area contributed by atoms with Gasteiger partial charge in [-0.2, -0.15) is 0 Å². The summed E-state index contributed by atoms with van der Waals surface area (Å²) in [6, 6.07) is 5.31. The Hall–Kier alpha value is -3.57. The summed E-state index contributed by atoms with van der Waals surface area (Å²) < 4.78 is 83.2. The van der Waals surface area contributed by atoms with E-state index < -0.39 is 47.4 Å². The molecule has 0 saturated heterocycles. The van der Waals surface area contributed by atoms with Gasteiger partial charge in [0.15, 0.2) is 40.1 Å². The second kappa shape index (κ2) is 9.59. The Bertz CT molecular complexity index is 1430. The number of amides is 1. The molecule has 0 aliphatic carbocycles. The van der Waals surface area contributed by atoms with Crippen molar-refractivity contribution in [1.29, 1.82) is 0 Å². The Kier molecular flexibility index (Phi) is 6.73. The van der Waals surface area contributed by atoms with Crippen molar-refractivity contribution >= 4 is 34.8 Å². The van der Waals surface area contributed by atoms with Gasteiger partial charge in [0.2, 0.25) is 0 Å². The van der Waals surface area contributed by atoms with Gasteiger partial charge in [-0.05, 0) is 42.0 Å². The van der Waals surface area contributed by atoms with E-state index in [1.165, 1.54) is 12.1 Å². The predicted molar refractivity (Wildman–Crippen MR) is 115 cm³/mol. The van der Waals surface area contributed by atoms with Crippen LogP contribution >= 0.6 is 23.2 Å². The molecule has 0 bridgehead atoms. The summed E-state index contributed by atoms with van der Waals surface area (Å²) in [6.45, 7) is -0.487. The molecule has 5 nitrogen and oxygen atoms in total. The minimum absolute atomic E-state index is 0.0492. The van der Waals surface area contributed by atoms with E-state index in [1.54, 1.807) is 0 Å². The van der Waals surface area contributed by atoms with E-state index in [0.29, 0.717) is 24.3 Å². The van der Waals surface area contributed by atoms with Gasteiger partial charge in [0.05, 0.1) is 18.4 Å². The minimum atomic E-state index is -1.72. The maximum Gasteiger partial charge on any atom is 0.274 e. The maximum absolute atomic E-state index is 13.9. The molecule has 180 valence electrons. The lowest BCUT2D eigenvalue weighted by Crippen LogP contribution is -2.19. The molecule has 1 amide bonds. The number of benzene rings is 2. The van der Waals surface area contributed by atoms with E-state index in [2.05, 4.69) is 15.3 Å². The predicted octanol–water partition coefficient (Wildman–Crippen LogP) is 6.39. The molecule has 1 N–H and O–H groups in total. The molecule has 2 aromatic heterocycles. The third-order valence-corrected chi connectivity index (χ3v) is 5.28. The van der Waals surface area contributed by atoms with Gasteiger partial charge in [-0.25, -0.2) is 36.3 Å². The highest BCUT2D eigenvalue weighted by Crippen LogP contribution is 2.27. The average molecular weight is 531 g/mol. The molecule has 0 aliphatic heterocycles. The van der Waals surface area contributed by atoms with Crippen molar-refractivity contribution in [2.75, 3.05) is 5.32 Å². The van der Waals surface area contributed by atoms with Crippen LogP contribution in [-0.4, -0.2) is 20.4 Å². The van der Waals surface area contributed by atoms with Crippen molar-refractivity contribution in [3.05, 3.63) is 99.1 Å². The first-order valence-electron chi connectivity index (χ1n) is 9.52. The molecule has 2 heterocycles. The van der Waals surface area contributed by atoms with Crippen LogP contribution in [0.1, 0.15) is 16.1 Å². The van der Waals surface area contributed by atoms with Crippen LogP contribution in [0.15, 0.2) is 42.6 Å². The summed E-state index contributed by atoms with van der Waals surface area (Å²) in [5.74, 6) is -10.6. The van der Waals surface area contributed by atoms with Crippen molar-refractivity contribution in [2.24, 2.45) is 0 Å². The molecular weight excluding hydrogens is 521 g/mol. The van der Waals surface area contributed by atoms with Crippen LogP contribution in [0.2, 0.25) is 10.3 Å². The number of pyridine rings is 1. The van der Waals surface area contributed by atoms with Gasteiger partial charge in [0.1, 0.15) is 16.7 Å². The molecule has 13 heteroatoms. The summed E-state index contributed by atoms with van der Waals surface area (Å²) in [4.78, 5) is 20.7. The molecular formula is C22H10Cl2F6N4O. The second-order valence-electron chi connectivity index (χ2n) is 7.11. The minimum Gasteiger partial charge on any atom is -0.318 e. The molecule has 4 aromatic rings. The number of anilines is 1. The lowest BCUT2D eigenvalue weighted by Gasteiger charge is -2.14. The van der Waals surface area contributed by atoms with E-state index in [-0.39, 0.29) is 38.6 Å². The fourth-order valence-corrected chi connectivity index (χ4v) is 3.60. The second-order valence-corrected chi connectivity index (χ2v) is 7.85.